The highest BCUT2D eigenvalue weighted by Crippen LogP contribution is 2.41. The Morgan fingerprint density at radius 3 is 2.62 bits per heavy atom. The van der Waals surface area contributed by atoms with E-state index in [0.717, 1.165) is 5.57 Å². The standard InChI is InChI=1S/C20H30O/c1-16(8-6-9-17(2)13-15-21)11-12-19-18(3)10-7-14-20(19,4)5/h6,8-13,19,21H,7,14-15H2,1-5H3. The number of rotatable bonds is 5. The molecule has 0 aromatic carbocycles. The zero-order valence-electron chi connectivity index (χ0n) is 14.2. The summed E-state index contributed by atoms with van der Waals surface area (Å²) in [6.07, 6.45) is 17.4. The summed E-state index contributed by atoms with van der Waals surface area (Å²) in [6.45, 7) is 11.2. The first-order valence-electron chi connectivity index (χ1n) is 7.84. The normalized spacial score (nSPS) is 23.9. The maximum Gasteiger partial charge on any atom is 0.0617 e. The van der Waals surface area contributed by atoms with Crippen LogP contribution in [0, 0.1) is 11.3 Å². The van der Waals surface area contributed by atoms with E-state index in [4.69, 9.17) is 5.11 Å². The van der Waals surface area contributed by atoms with Crippen LogP contribution in [0.1, 0.15) is 47.5 Å². The van der Waals surface area contributed by atoms with E-state index in [-0.39, 0.29) is 6.61 Å². The van der Waals surface area contributed by atoms with Gasteiger partial charge in [0.1, 0.15) is 0 Å². The van der Waals surface area contributed by atoms with Crippen molar-refractivity contribution < 1.29 is 5.11 Å². The van der Waals surface area contributed by atoms with Crippen molar-refractivity contribution in [3.05, 3.63) is 59.3 Å². The second-order valence-corrected chi connectivity index (χ2v) is 6.71. The fourth-order valence-corrected chi connectivity index (χ4v) is 2.85. The van der Waals surface area contributed by atoms with E-state index < -0.39 is 0 Å². The van der Waals surface area contributed by atoms with Crippen molar-refractivity contribution in [3.63, 3.8) is 0 Å². The Morgan fingerprint density at radius 2 is 2.00 bits per heavy atom. The molecule has 1 unspecified atom stereocenters. The summed E-state index contributed by atoms with van der Waals surface area (Å²) >= 11 is 0. The van der Waals surface area contributed by atoms with Crippen molar-refractivity contribution in [1.82, 2.24) is 0 Å². The molecule has 0 aromatic rings. The summed E-state index contributed by atoms with van der Waals surface area (Å²) in [5, 5.41) is 8.81. The molecular weight excluding hydrogens is 256 g/mol. The molecule has 1 atom stereocenters. The predicted octanol–water partition coefficient (Wildman–Crippen LogP) is 5.37. The number of aliphatic hydroxyl groups is 1. The molecule has 116 valence electrons. The zero-order valence-corrected chi connectivity index (χ0v) is 14.2. The van der Waals surface area contributed by atoms with Crippen LogP contribution in [0.25, 0.3) is 0 Å². The highest BCUT2D eigenvalue weighted by Gasteiger charge is 2.30. The fraction of sp³-hybridized carbons (Fsp3) is 0.500. The molecule has 0 heterocycles. The summed E-state index contributed by atoms with van der Waals surface area (Å²) in [5.74, 6) is 0.537. The molecule has 0 fully saturated rings. The van der Waals surface area contributed by atoms with Gasteiger partial charge < -0.3 is 5.11 Å². The Balaban J connectivity index is 2.73. The van der Waals surface area contributed by atoms with Crippen molar-refractivity contribution in [2.75, 3.05) is 6.61 Å². The third-order valence-electron chi connectivity index (χ3n) is 4.27. The smallest absolute Gasteiger partial charge is 0.0617 e. The second kappa shape index (κ2) is 8.19. The lowest BCUT2D eigenvalue weighted by atomic mass is 9.68. The van der Waals surface area contributed by atoms with Gasteiger partial charge in [0, 0.05) is 5.92 Å². The summed E-state index contributed by atoms with van der Waals surface area (Å²) in [4.78, 5) is 0. The molecule has 0 aromatic heterocycles. The lowest BCUT2D eigenvalue weighted by Gasteiger charge is -2.36. The van der Waals surface area contributed by atoms with Crippen molar-refractivity contribution in [1.29, 1.82) is 0 Å². The van der Waals surface area contributed by atoms with E-state index in [0.29, 0.717) is 11.3 Å². The zero-order chi connectivity index (χ0) is 15.9. The van der Waals surface area contributed by atoms with Crippen molar-refractivity contribution in [2.24, 2.45) is 11.3 Å². The van der Waals surface area contributed by atoms with E-state index >= 15 is 0 Å². The van der Waals surface area contributed by atoms with Gasteiger partial charge in [-0.25, -0.2) is 0 Å². The molecule has 0 saturated carbocycles. The number of aliphatic hydroxyl groups excluding tert-OH is 1. The average molecular weight is 286 g/mol. The molecule has 0 amide bonds. The topological polar surface area (TPSA) is 20.2 Å². The van der Waals surface area contributed by atoms with E-state index in [1.54, 1.807) is 6.08 Å². The van der Waals surface area contributed by atoms with Gasteiger partial charge in [-0.3, -0.25) is 0 Å². The van der Waals surface area contributed by atoms with E-state index in [1.807, 2.05) is 19.1 Å². The van der Waals surface area contributed by atoms with E-state index in [1.165, 1.54) is 24.0 Å². The third kappa shape index (κ3) is 5.89. The van der Waals surface area contributed by atoms with Crippen LogP contribution in [-0.4, -0.2) is 11.7 Å². The molecule has 1 rings (SSSR count). The molecule has 1 heteroatoms. The Hall–Kier alpha value is -1.34. The summed E-state index contributed by atoms with van der Waals surface area (Å²) in [6, 6.07) is 0. The van der Waals surface area contributed by atoms with Gasteiger partial charge in [-0.15, -0.1) is 0 Å². The molecule has 0 aliphatic heterocycles. The fourth-order valence-electron chi connectivity index (χ4n) is 2.85. The monoisotopic (exact) mass is 286 g/mol. The maximum atomic E-state index is 8.81. The molecule has 0 radical (unpaired) electrons. The second-order valence-electron chi connectivity index (χ2n) is 6.71. The number of hydrogen-bond acceptors (Lipinski definition) is 1. The van der Waals surface area contributed by atoms with Crippen molar-refractivity contribution in [3.8, 4) is 0 Å². The molecule has 0 bridgehead atoms. The van der Waals surface area contributed by atoms with Gasteiger partial charge in [0.15, 0.2) is 0 Å². The molecular formula is C20H30O. The predicted molar refractivity (Wildman–Crippen MR) is 93.1 cm³/mol. The molecule has 1 aliphatic rings. The van der Waals surface area contributed by atoms with Crippen LogP contribution in [-0.2, 0) is 0 Å². The number of allylic oxidation sites excluding steroid dienone is 9. The largest absolute Gasteiger partial charge is 0.392 e. The minimum absolute atomic E-state index is 0.0984. The Morgan fingerprint density at radius 1 is 1.29 bits per heavy atom. The lowest BCUT2D eigenvalue weighted by molar-refractivity contribution is 0.255. The molecule has 1 aliphatic carbocycles. The van der Waals surface area contributed by atoms with Gasteiger partial charge in [0.05, 0.1) is 6.61 Å². The summed E-state index contributed by atoms with van der Waals surface area (Å²) < 4.78 is 0. The van der Waals surface area contributed by atoms with Crippen LogP contribution in [0.3, 0.4) is 0 Å². The Bertz CT molecular complexity index is 484. The van der Waals surface area contributed by atoms with Crippen molar-refractivity contribution >= 4 is 0 Å². The summed E-state index contributed by atoms with van der Waals surface area (Å²) in [7, 11) is 0. The van der Waals surface area contributed by atoms with Crippen LogP contribution >= 0.6 is 0 Å². The number of hydrogen-bond donors (Lipinski definition) is 1. The minimum atomic E-state index is 0.0984. The first-order chi connectivity index (χ1) is 9.86. The van der Waals surface area contributed by atoms with Gasteiger partial charge in [0.25, 0.3) is 0 Å². The van der Waals surface area contributed by atoms with Gasteiger partial charge in [-0.2, -0.15) is 0 Å². The van der Waals surface area contributed by atoms with Gasteiger partial charge in [0.2, 0.25) is 0 Å². The van der Waals surface area contributed by atoms with Crippen LogP contribution in [0.5, 0.6) is 0 Å². The van der Waals surface area contributed by atoms with Crippen LogP contribution < -0.4 is 0 Å². The van der Waals surface area contributed by atoms with E-state index in [9.17, 15) is 0 Å². The maximum absolute atomic E-state index is 8.81. The third-order valence-corrected chi connectivity index (χ3v) is 4.27. The Kier molecular flexibility index (Phi) is 6.91. The van der Waals surface area contributed by atoms with E-state index in [2.05, 4.69) is 52.0 Å². The quantitative estimate of drug-likeness (QED) is 0.532. The van der Waals surface area contributed by atoms with Crippen LogP contribution in [0.15, 0.2) is 59.3 Å². The van der Waals surface area contributed by atoms with Crippen LogP contribution in [0.4, 0.5) is 0 Å². The molecule has 21 heavy (non-hydrogen) atoms. The molecule has 1 N–H and O–H groups in total. The van der Waals surface area contributed by atoms with Crippen LogP contribution in [0.2, 0.25) is 0 Å². The highest BCUT2D eigenvalue weighted by atomic mass is 16.2. The average Bonchev–Trinajstić information content (AvgIpc) is 2.37. The SMILES string of the molecule is CC(C=CC1C(C)=CCCC1(C)C)=CC=CC(C)=CCO. The molecule has 1 nitrogen and oxygen atoms in total. The first kappa shape index (κ1) is 17.7. The highest BCUT2D eigenvalue weighted by molar-refractivity contribution is 5.29. The minimum Gasteiger partial charge on any atom is -0.392 e. The summed E-state index contributed by atoms with van der Waals surface area (Å²) in [5.41, 5.74) is 4.17. The van der Waals surface area contributed by atoms with Crippen molar-refractivity contribution in [2.45, 2.75) is 47.5 Å². The van der Waals surface area contributed by atoms with Gasteiger partial charge >= 0.3 is 0 Å². The lowest BCUT2D eigenvalue weighted by Crippen LogP contribution is -2.26. The van der Waals surface area contributed by atoms with Gasteiger partial charge in [-0.05, 0) is 39.0 Å². The molecule has 0 spiro atoms. The molecule has 0 saturated heterocycles. The Labute approximate surface area is 130 Å². The first-order valence-corrected chi connectivity index (χ1v) is 7.84. The van der Waals surface area contributed by atoms with Gasteiger partial charge in [-0.1, -0.05) is 73.1 Å².